The second-order valence-corrected chi connectivity index (χ2v) is 9.96. The summed E-state index contributed by atoms with van der Waals surface area (Å²) in [4.78, 5) is 22.6. The predicted molar refractivity (Wildman–Crippen MR) is 133 cm³/mol. The maximum Gasteiger partial charge on any atom is 0.233 e. The highest BCUT2D eigenvalue weighted by molar-refractivity contribution is 7.22. The number of nitrogens with zero attached hydrogens (tertiary/aromatic N) is 3. The first-order valence-electron chi connectivity index (χ1n) is 11.1. The van der Waals surface area contributed by atoms with Gasteiger partial charge in [0.05, 0.1) is 29.9 Å². The van der Waals surface area contributed by atoms with E-state index in [1.807, 2.05) is 23.1 Å². The number of aryl methyl sites for hydroxylation is 3. The van der Waals surface area contributed by atoms with Crippen molar-refractivity contribution in [2.75, 3.05) is 44.3 Å². The van der Waals surface area contributed by atoms with Gasteiger partial charge >= 0.3 is 0 Å². The third-order valence-corrected chi connectivity index (χ3v) is 7.28. The normalized spacial score (nSPS) is 14.8. The molecule has 1 aliphatic heterocycles. The molecule has 1 amide bonds. The van der Waals surface area contributed by atoms with E-state index in [1.54, 1.807) is 0 Å². The maximum absolute atomic E-state index is 13.6. The van der Waals surface area contributed by atoms with Gasteiger partial charge in [-0.2, -0.15) is 0 Å². The number of amides is 1. The lowest BCUT2D eigenvalue weighted by atomic mass is 9.97. The van der Waals surface area contributed by atoms with E-state index in [0.717, 1.165) is 60.2 Å². The summed E-state index contributed by atoms with van der Waals surface area (Å²) in [6.07, 6.45) is 1.28. The molecule has 0 spiro atoms. The molecule has 0 bridgehead atoms. The number of anilines is 1. The topological polar surface area (TPSA) is 45.7 Å². The van der Waals surface area contributed by atoms with Crippen molar-refractivity contribution in [2.45, 2.75) is 33.6 Å². The van der Waals surface area contributed by atoms with Crippen LogP contribution in [0.3, 0.4) is 0 Å². The minimum atomic E-state index is 0.0900. The largest absolute Gasteiger partial charge is 0.379 e. The maximum atomic E-state index is 13.6. The fraction of sp³-hybridized carbons (Fsp3) is 0.440. The molecule has 1 fully saturated rings. The number of benzene rings is 2. The summed E-state index contributed by atoms with van der Waals surface area (Å²) >= 11 is 7.71. The van der Waals surface area contributed by atoms with Gasteiger partial charge in [0.2, 0.25) is 5.91 Å². The van der Waals surface area contributed by atoms with E-state index in [-0.39, 0.29) is 5.91 Å². The lowest BCUT2D eigenvalue weighted by molar-refractivity contribution is -0.118. The number of aromatic nitrogens is 1. The van der Waals surface area contributed by atoms with Crippen molar-refractivity contribution in [1.82, 2.24) is 9.88 Å². The zero-order valence-corrected chi connectivity index (χ0v) is 20.6. The number of carbonyl (C=O) groups excluding carboxylic acids is 1. The highest BCUT2D eigenvalue weighted by atomic mass is 35.5. The number of halogens is 1. The number of fused-ring (bicyclic) bond motifs is 1. The van der Waals surface area contributed by atoms with Crippen LogP contribution in [0, 0.1) is 20.8 Å². The first-order chi connectivity index (χ1) is 15.4. The van der Waals surface area contributed by atoms with Crippen LogP contribution < -0.4 is 4.90 Å². The molecule has 7 heteroatoms. The average Bonchev–Trinajstić information content (AvgIpc) is 3.17. The molecule has 0 radical (unpaired) electrons. The second kappa shape index (κ2) is 10.3. The Hall–Kier alpha value is -1.99. The number of hydrogen-bond donors (Lipinski definition) is 0. The van der Waals surface area contributed by atoms with Crippen LogP contribution >= 0.6 is 22.9 Å². The van der Waals surface area contributed by atoms with Gasteiger partial charge in [0.1, 0.15) is 0 Å². The van der Waals surface area contributed by atoms with Gasteiger partial charge in [-0.25, -0.2) is 4.98 Å². The standard InChI is InChI=1S/C25H30ClN3O2S/c1-17-13-18(2)21(19(3)14-17)16-24(30)29(8-4-7-28-9-11-31-12-10-28)25-27-22-6-5-20(26)15-23(22)32-25/h5-6,13-15H,4,7-12,16H2,1-3H3. The Bertz CT molecular complexity index is 1080. The Balaban J connectivity index is 1.56. The molecule has 5 nitrogen and oxygen atoms in total. The van der Waals surface area contributed by atoms with Gasteiger partial charge in [0, 0.05) is 31.2 Å². The molecular formula is C25H30ClN3O2S. The molecule has 0 unspecified atom stereocenters. The minimum Gasteiger partial charge on any atom is -0.379 e. The molecule has 32 heavy (non-hydrogen) atoms. The van der Waals surface area contributed by atoms with Crippen molar-refractivity contribution >= 4 is 44.2 Å². The molecule has 3 aromatic rings. The first kappa shape index (κ1) is 23.2. The van der Waals surface area contributed by atoms with Crippen LogP contribution in [0.2, 0.25) is 5.02 Å². The van der Waals surface area contributed by atoms with Crippen molar-refractivity contribution in [3.8, 4) is 0 Å². The Kier molecular flexibility index (Phi) is 7.46. The number of thiazole rings is 1. The summed E-state index contributed by atoms with van der Waals surface area (Å²) in [5.41, 5.74) is 5.55. The van der Waals surface area contributed by atoms with Crippen molar-refractivity contribution < 1.29 is 9.53 Å². The van der Waals surface area contributed by atoms with Gasteiger partial charge in [-0.1, -0.05) is 40.6 Å². The molecule has 0 aliphatic carbocycles. The molecule has 4 rings (SSSR count). The van der Waals surface area contributed by atoms with Gasteiger partial charge in [0.15, 0.2) is 5.13 Å². The molecule has 2 aromatic carbocycles. The molecule has 0 atom stereocenters. The van der Waals surface area contributed by atoms with E-state index in [1.165, 1.54) is 28.0 Å². The number of morpholine rings is 1. The fourth-order valence-electron chi connectivity index (χ4n) is 4.34. The average molecular weight is 472 g/mol. The monoisotopic (exact) mass is 471 g/mol. The number of carbonyl (C=O) groups is 1. The Labute approximate surface area is 199 Å². The Morgan fingerprint density at radius 2 is 1.88 bits per heavy atom. The lowest BCUT2D eigenvalue weighted by Gasteiger charge is -2.28. The van der Waals surface area contributed by atoms with Gasteiger partial charge in [-0.3, -0.25) is 14.6 Å². The van der Waals surface area contributed by atoms with E-state index in [4.69, 9.17) is 21.3 Å². The van der Waals surface area contributed by atoms with Gasteiger partial charge in [-0.05, 0) is 62.1 Å². The van der Waals surface area contributed by atoms with Crippen molar-refractivity contribution in [3.05, 3.63) is 57.6 Å². The number of rotatable bonds is 7. The number of hydrogen-bond acceptors (Lipinski definition) is 5. The lowest BCUT2D eigenvalue weighted by Crippen LogP contribution is -2.39. The second-order valence-electron chi connectivity index (χ2n) is 8.52. The van der Waals surface area contributed by atoms with E-state index >= 15 is 0 Å². The zero-order valence-electron chi connectivity index (χ0n) is 19.0. The zero-order chi connectivity index (χ0) is 22.7. The molecule has 1 saturated heterocycles. The summed E-state index contributed by atoms with van der Waals surface area (Å²) < 4.78 is 6.45. The minimum absolute atomic E-state index is 0.0900. The van der Waals surface area contributed by atoms with Crippen LogP contribution in [-0.4, -0.2) is 55.2 Å². The molecule has 1 aliphatic rings. The smallest absolute Gasteiger partial charge is 0.233 e. The van der Waals surface area contributed by atoms with E-state index in [0.29, 0.717) is 18.0 Å². The van der Waals surface area contributed by atoms with Crippen LogP contribution in [0.15, 0.2) is 30.3 Å². The van der Waals surface area contributed by atoms with Crippen molar-refractivity contribution in [3.63, 3.8) is 0 Å². The molecule has 2 heterocycles. The molecule has 0 N–H and O–H groups in total. The van der Waals surface area contributed by atoms with Crippen LogP contribution in [0.25, 0.3) is 10.2 Å². The van der Waals surface area contributed by atoms with Gasteiger partial charge < -0.3 is 4.74 Å². The van der Waals surface area contributed by atoms with E-state index < -0.39 is 0 Å². The SMILES string of the molecule is Cc1cc(C)c(CC(=O)N(CCCN2CCOCC2)c2nc3ccc(Cl)cc3s2)c(C)c1. The van der Waals surface area contributed by atoms with Crippen LogP contribution in [0.4, 0.5) is 5.13 Å². The first-order valence-corrected chi connectivity index (χ1v) is 12.3. The summed E-state index contributed by atoms with van der Waals surface area (Å²) in [7, 11) is 0. The summed E-state index contributed by atoms with van der Waals surface area (Å²) in [5.74, 6) is 0.0900. The van der Waals surface area contributed by atoms with Crippen molar-refractivity contribution in [2.24, 2.45) is 0 Å². The third-order valence-electron chi connectivity index (χ3n) is 6.00. The third kappa shape index (κ3) is 5.49. The Morgan fingerprint density at radius 3 is 2.59 bits per heavy atom. The molecule has 170 valence electrons. The van der Waals surface area contributed by atoms with E-state index in [9.17, 15) is 4.79 Å². The molecule has 1 aromatic heterocycles. The molecule has 0 saturated carbocycles. The van der Waals surface area contributed by atoms with Crippen LogP contribution in [0.1, 0.15) is 28.7 Å². The van der Waals surface area contributed by atoms with Gasteiger partial charge in [-0.15, -0.1) is 0 Å². The summed E-state index contributed by atoms with van der Waals surface area (Å²) in [5, 5.41) is 1.43. The highest BCUT2D eigenvalue weighted by Gasteiger charge is 2.22. The molecular weight excluding hydrogens is 442 g/mol. The van der Waals surface area contributed by atoms with Gasteiger partial charge in [0.25, 0.3) is 0 Å². The summed E-state index contributed by atoms with van der Waals surface area (Å²) in [6.45, 7) is 11.3. The van der Waals surface area contributed by atoms with E-state index in [2.05, 4.69) is 37.8 Å². The highest BCUT2D eigenvalue weighted by Crippen LogP contribution is 2.31. The van der Waals surface area contributed by atoms with Crippen molar-refractivity contribution in [1.29, 1.82) is 0 Å². The fourth-order valence-corrected chi connectivity index (χ4v) is 5.63. The quantitative estimate of drug-likeness (QED) is 0.476. The Morgan fingerprint density at radius 1 is 1.16 bits per heavy atom. The summed E-state index contributed by atoms with van der Waals surface area (Å²) in [6, 6.07) is 9.98. The predicted octanol–water partition coefficient (Wildman–Crippen LogP) is 5.17. The van der Waals surface area contributed by atoms with Crippen LogP contribution in [-0.2, 0) is 16.0 Å². The van der Waals surface area contributed by atoms with Crippen LogP contribution in [0.5, 0.6) is 0 Å². The number of ether oxygens (including phenoxy) is 1.